The molecule has 0 aromatic heterocycles. The maximum atomic E-state index is 12.9. The molecule has 22 heavy (non-hydrogen) atoms. The summed E-state index contributed by atoms with van der Waals surface area (Å²) < 4.78 is 27.6. The average molecular weight is 403 g/mol. The summed E-state index contributed by atoms with van der Waals surface area (Å²) >= 11 is 8.80. The molecule has 116 valence electrons. The van der Waals surface area contributed by atoms with Gasteiger partial charge in [-0.05, 0) is 54.9 Å². The van der Waals surface area contributed by atoms with Gasteiger partial charge in [0.2, 0.25) is 5.24 Å². The van der Waals surface area contributed by atoms with Crippen LogP contribution in [0.15, 0.2) is 64.0 Å². The lowest BCUT2D eigenvalue weighted by Gasteiger charge is -2.28. The third-order valence-corrected chi connectivity index (χ3v) is 5.82. The summed E-state index contributed by atoms with van der Waals surface area (Å²) in [5.74, 6) is 0. The molecule has 0 spiro atoms. The minimum atomic E-state index is -3.91. The molecule has 0 aliphatic rings. The summed E-state index contributed by atoms with van der Waals surface area (Å²) in [5.41, 5.74) is 0.381. The Hall–Kier alpha value is -1.37. The Morgan fingerprint density at radius 1 is 1.09 bits per heavy atom. The van der Waals surface area contributed by atoms with Crippen molar-refractivity contribution in [1.29, 1.82) is 0 Å². The number of para-hydroxylation sites is 1. The van der Waals surface area contributed by atoms with Crippen molar-refractivity contribution in [2.75, 3.05) is 4.31 Å². The highest BCUT2D eigenvalue weighted by Gasteiger charge is 2.32. The SMILES string of the molecule is CC(C(=O)Cl)N(c1ccccc1)S(=O)(=O)c1ccc(Br)cc1. The molecule has 0 heterocycles. The Morgan fingerprint density at radius 2 is 1.64 bits per heavy atom. The lowest BCUT2D eigenvalue weighted by atomic mass is 10.3. The Balaban J connectivity index is 2.58. The first-order chi connectivity index (χ1) is 10.3. The molecule has 0 saturated heterocycles. The summed E-state index contributed by atoms with van der Waals surface area (Å²) in [6.45, 7) is 1.46. The molecule has 1 atom stereocenters. The van der Waals surface area contributed by atoms with E-state index in [1.165, 1.54) is 19.1 Å². The number of hydrogen-bond acceptors (Lipinski definition) is 3. The van der Waals surface area contributed by atoms with E-state index in [0.29, 0.717) is 5.69 Å². The molecule has 0 bridgehead atoms. The molecular weight excluding hydrogens is 390 g/mol. The number of nitrogens with zero attached hydrogens (tertiary/aromatic N) is 1. The van der Waals surface area contributed by atoms with Crippen LogP contribution in [0, 0.1) is 0 Å². The topological polar surface area (TPSA) is 54.5 Å². The molecule has 7 heteroatoms. The zero-order valence-electron chi connectivity index (χ0n) is 11.6. The Morgan fingerprint density at radius 3 is 2.14 bits per heavy atom. The molecule has 0 aliphatic carbocycles. The van der Waals surface area contributed by atoms with Gasteiger partial charge in [-0.15, -0.1) is 0 Å². The zero-order chi connectivity index (χ0) is 16.3. The highest BCUT2D eigenvalue weighted by Crippen LogP contribution is 2.27. The molecule has 4 nitrogen and oxygen atoms in total. The highest BCUT2D eigenvalue weighted by atomic mass is 79.9. The number of carbonyl (C=O) groups is 1. The van der Waals surface area contributed by atoms with Crippen molar-refractivity contribution < 1.29 is 13.2 Å². The Kier molecular flexibility index (Phi) is 5.26. The van der Waals surface area contributed by atoms with Crippen molar-refractivity contribution in [2.24, 2.45) is 0 Å². The number of carbonyl (C=O) groups excluding carboxylic acids is 1. The van der Waals surface area contributed by atoms with Crippen LogP contribution in [0.5, 0.6) is 0 Å². The van der Waals surface area contributed by atoms with Crippen LogP contribution in [0.2, 0.25) is 0 Å². The number of halogens is 2. The maximum absolute atomic E-state index is 12.9. The predicted octanol–water partition coefficient (Wildman–Crippen LogP) is 3.80. The van der Waals surface area contributed by atoms with Gasteiger partial charge in [0.15, 0.2) is 0 Å². The number of rotatable bonds is 5. The molecule has 2 aromatic rings. The first kappa shape index (κ1) is 17.0. The highest BCUT2D eigenvalue weighted by molar-refractivity contribution is 9.10. The third kappa shape index (κ3) is 3.51. The minimum absolute atomic E-state index is 0.0873. The summed E-state index contributed by atoms with van der Waals surface area (Å²) in [7, 11) is -3.91. The van der Waals surface area contributed by atoms with E-state index in [4.69, 9.17) is 11.6 Å². The van der Waals surface area contributed by atoms with Gasteiger partial charge in [-0.1, -0.05) is 34.1 Å². The van der Waals surface area contributed by atoms with Crippen LogP contribution in [-0.4, -0.2) is 19.7 Å². The predicted molar refractivity (Wildman–Crippen MR) is 90.6 cm³/mol. The molecule has 0 saturated carbocycles. The van der Waals surface area contributed by atoms with E-state index in [-0.39, 0.29) is 4.90 Å². The van der Waals surface area contributed by atoms with Crippen molar-refractivity contribution in [3.8, 4) is 0 Å². The average Bonchev–Trinajstić information content (AvgIpc) is 2.48. The quantitative estimate of drug-likeness (QED) is 0.715. The molecule has 0 amide bonds. The standard InChI is InChI=1S/C15H13BrClNO3S/c1-11(15(17)19)18(13-5-3-2-4-6-13)22(20,21)14-9-7-12(16)8-10-14/h2-11H,1H3. The van der Waals surface area contributed by atoms with E-state index >= 15 is 0 Å². The second-order valence-electron chi connectivity index (χ2n) is 4.57. The molecule has 0 N–H and O–H groups in total. The Labute approximate surface area is 142 Å². The van der Waals surface area contributed by atoms with Crippen LogP contribution >= 0.6 is 27.5 Å². The van der Waals surface area contributed by atoms with Crippen LogP contribution in [0.3, 0.4) is 0 Å². The minimum Gasteiger partial charge on any atom is -0.279 e. The normalized spacial score (nSPS) is 12.7. The summed E-state index contributed by atoms with van der Waals surface area (Å²) in [5, 5.41) is -0.746. The smallest absolute Gasteiger partial charge is 0.265 e. The van der Waals surface area contributed by atoms with Gasteiger partial charge in [-0.2, -0.15) is 0 Å². The van der Waals surface area contributed by atoms with Gasteiger partial charge >= 0.3 is 0 Å². The Bertz CT molecular complexity index is 763. The van der Waals surface area contributed by atoms with Gasteiger partial charge in [-0.25, -0.2) is 8.42 Å². The van der Waals surface area contributed by atoms with E-state index in [1.54, 1.807) is 42.5 Å². The largest absolute Gasteiger partial charge is 0.279 e. The van der Waals surface area contributed by atoms with Crippen LogP contribution in [0.1, 0.15) is 6.92 Å². The van der Waals surface area contributed by atoms with Crippen molar-refractivity contribution in [2.45, 2.75) is 17.9 Å². The van der Waals surface area contributed by atoms with E-state index in [2.05, 4.69) is 15.9 Å². The van der Waals surface area contributed by atoms with Crippen LogP contribution < -0.4 is 4.31 Å². The summed E-state index contributed by atoms with van der Waals surface area (Å²) in [6.07, 6.45) is 0. The second-order valence-corrected chi connectivity index (χ2v) is 7.67. The van der Waals surface area contributed by atoms with Crippen molar-refractivity contribution in [3.63, 3.8) is 0 Å². The van der Waals surface area contributed by atoms with Crippen LogP contribution in [0.4, 0.5) is 5.69 Å². The fourth-order valence-corrected chi connectivity index (χ4v) is 4.00. The van der Waals surface area contributed by atoms with Gasteiger partial charge in [0.1, 0.15) is 6.04 Å². The first-order valence-electron chi connectivity index (χ1n) is 6.38. The monoisotopic (exact) mass is 401 g/mol. The van der Waals surface area contributed by atoms with Crippen molar-refractivity contribution in [3.05, 3.63) is 59.1 Å². The number of benzene rings is 2. The molecule has 2 aromatic carbocycles. The van der Waals surface area contributed by atoms with E-state index in [0.717, 1.165) is 8.78 Å². The second kappa shape index (κ2) is 6.81. The maximum Gasteiger partial charge on any atom is 0.265 e. The molecule has 0 aliphatic heterocycles. The fraction of sp³-hybridized carbons (Fsp3) is 0.133. The summed E-state index contributed by atoms with van der Waals surface area (Å²) in [6, 6.07) is 13.6. The van der Waals surface area contributed by atoms with Gasteiger partial charge in [0.05, 0.1) is 10.6 Å². The zero-order valence-corrected chi connectivity index (χ0v) is 14.8. The van der Waals surface area contributed by atoms with Crippen LogP contribution in [-0.2, 0) is 14.8 Å². The molecule has 1 unspecified atom stereocenters. The van der Waals surface area contributed by atoms with Gasteiger partial charge in [0.25, 0.3) is 10.0 Å². The van der Waals surface area contributed by atoms with Gasteiger partial charge in [-0.3, -0.25) is 9.10 Å². The number of hydrogen-bond donors (Lipinski definition) is 0. The van der Waals surface area contributed by atoms with Crippen molar-refractivity contribution in [1.82, 2.24) is 0 Å². The number of anilines is 1. The molecule has 2 rings (SSSR count). The van der Waals surface area contributed by atoms with Gasteiger partial charge < -0.3 is 0 Å². The number of sulfonamides is 1. The van der Waals surface area contributed by atoms with E-state index in [1.807, 2.05) is 0 Å². The fourth-order valence-electron chi connectivity index (χ4n) is 1.96. The van der Waals surface area contributed by atoms with E-state index in [9.17, 15) is 13.2 Å². The summed E-state index contributed by atoms with van der Waals surface area (Å²) in [4.78, 5) is 11.6. The van der Waals surface area contributed by atoms with Gasteiger partial charge in [0, 0.05) is 4.47 Å². The first-order valence-corrected chi connectivity index (χ1v) is 8.99. The lowest BCUT2D eigenvalue weighted by Crippen LogP contribution is -2.42. The molecular formula is C15H13BrClNO3S. The van der Waals surface area contributed by atoms with Crippen LogP contribution in [0.25, 0.3) is 0 Å². The molecule has 0 radical (unpaired) electrons. The third-order valence-electron chi connectivity index (χ3n) is 3.06. The molecule has 0 fully saturated rings. The van der Waals surface area contributed by atoms with E-state index < -0.39 is 21.3 Å². The van der Waals surface area contributed by atoms with Crippen molar-refractivity contribution >= 4 is 48.5 Å². The lowest BCUT2D eigenvalue weighted by molar-refractivity contribution is -0.112.